The molecule has 0 amide bonds. The maximum absolute atomic E-state index is 12.9. The van der Waals surface area contributed by atoms with Crippen molar-refractivity contribution in [1.29, 1.82) is 0 Å². The van der Waals surface area contributed by atoms with E-state index in [1.165, 1.54) is 18.2 Å². The first-order chi connectivity index (χ1) is 6.68. The van der Waals surface area contributed by atoms with Crippen LogP contribution in [0.25, 0.3) is 0 Å². The lowest BCUT2D eigenvalue weighted by molar-refractivity contribution is -0.139. The predicted octanol–water partition coefficient (Wildman–Crippen LogP) is 1.52. The number of carboxylic acid groups (broad SMARTS) is 1. The molecule has 0 saturated heterocycles. The van der Waals surface area contributed by atoms with Crippen molar-refractivity contribution in [2.75, 3.05) is 6.54 Å². The van der Waals surface area contributed by atoms with E-state index in [1.54, 1.807) is 0 Å². The fraction of sp³-hybridized carbons (Fsp3) is 0.300. The molecule has 1 aromatic carbocycles. The van der Waals surface area contributed by atoms with Gasteiger partial charge in [-0.1, -0.05) is 6.07 Å². The van der Waals surface area contributed by atoms with Gasteiger partial charge in [0.05, 0.1) is 0 Å². The Morgan fingerprint density at radius 2 is 2.27 bits per heavy atom. The minimum Gasteiger partial charge on any atom is -0.480 e. The summed E-state index contributed by atoms with van der Waals surface area (Å²) in [7, 11) is 0. The first-order valence-corrected chi connectivity index (χ1v) is 4.43. The standard InChI is InChI=1S/C10H10FNO2.ClH/c11-7-1-2-8-6(5-7)3-4-12-9(8)10(13)14;/h1-2,5,9,12H,3-4H2,(H,13,14);1H/t9-;/m0./s1. The van der Waals surface area contributed by atoms with E-state index in [9.17, 15) is 9.18 Å². The molecule has 0 fully saturated rings. The summed E-state index contributed by atoms with van der Waals surface area (Å²) in [6, 6.07) is 3.54. The fourth-order valence-electron chi connectivity index (χ4n) is 1.75. The molecule has 82 valence electrons. The van der Waals surface area contributed by atoms with Crippen LogP contribution in [0.2, 0.25) is 0 Å². The highest BCUT2D eigenvalue weighted by molar-refractivity contribution is 5.85. The van der Waals surface area contributed by atoms with E-state index in [0.717, 1.165) is 5.56 Å². The molecule has 1 aliphatic heterocycles. The molecular weight excluding hydrogens is 221 g/mol. The van der Waals surface area contributed by atoms with Crippen molar-refractivity contribution in [2.45, 2.75) is 12.5 Å². The number of carbonyl (C=O) groups is 1. The SMILES string of the molecule is Cl.O=C(O)[C@H]1NCCc2cc(F)ccc21. The van der Waals surface area contributed by atoms with Gasteiger partial charge < -0.3 is 10.4 Å². The van der Waals surface area contributed by atoms with Gasteiger partial charge in [0.2, 0.25) is 0 Å². The van der Waals surface area contributed by atoms with Crippen LogP contribution in [-0.2, 0) is 11.2 Å². The number of aliphatic carboxylic acids is 1. The van der Waals surface area contributed by atoms with E-state index in [0.29, 0.717) is 18.5 Å². The molecule has 1 heterocycles. The van der Waals surface area contributed by atoms with Gasteiger partial charge in [-0.25, -0.2) is 4.39 Å². The maximum atomic E-state index is 12.9. The number of carboxylic acids is 1. The number of nitrogens with one attached hydrogen (secondary N) is 1. The summed E-state index contributed by atoms with van der Waals surface area (Å²) in [5.41, 5.74) is 1.46. The van der Waals surface area contributed by atoms with E-state index in [4.69, 9.17) is 5.11 Å². The predicted molar refractivity (Wildman–Crippen MR) is 55.7 cm³/mol. The second kappa shape index (κ2) is 4.59. The molecule has 0 spiro atoms. The van der Waals surface area contributed by atoms with E-state index >= 15 is 0 Å². The van der Waals surface area contributed by atoms with Gasteiger partial charge >= 0.3 is 5.97 Å². The Morgan fingerprint density at radius 3 is 2.93 bits per heavy atom. The van der Waals surface area contributed by atoms with Crippen molar-refractivity contribution in [1.82, 2.24) is 5.32 Å². The highest BCUT2D eigenvalue weighted by Crippen LogP contribution is 2.23. The lowest BCUT2D eigenvalue weighted by Crippen LogP contribution is -2.35. The molecule has 0 radical (unpaired) electrons. The lowest BCUT2D eigenvalue weighted by Gasteiger charge is -2.23. The van der Waals surface area contributed by atoms with Gasteiger partial charge in [0.25, 0.3) is 0 Å². The Kier molecular flexibility index (Phi) is 3.66. The Hall–Kier alpha value is -1.13. The summed E-state index contributed by atoms with van der Waals surface area (Å²) in [5.74, 6) is -1.23. The molecule has 0 aromatic heterocycles. The molecule has 1 aromatic rings. The smallest absolute Gasteiger partial charge is 0.325 e. The maximum Gasteiger partial charge on any atom is 0.325 e. The molecule has 0 saturated carbocycles. The van der Waals surface area contributed by atoms with Crippen molar-refractivity contribution >= 4 is 18.4 Å². The topological polar surface area (TPSA) is 49.3 Å². The van der Waals surface area contributed by atoms with Crippen LogP contribution in [0.1, 0.15) is 17.2 Å². The number of hydrogen-bond acceptors (Lipinski definition) is 2. The van der Waals surface area contributed by atoms with Gasteiger partial charge in [0.1, 0.15) is 11.9 Å². The summed E-state index contributed by atoms with van der Waals surface area (Å²) in [6.07, 6.45) is 0.677. The van der Waals surface area contributed by atoms with Gasteiger partial charge in [0.15, 0.2) is 0 Å². The van der Waals surface area contributed by atoms with Crippen LogP contribution >= 0.6 is 12.4 Å². The van der Waals surface area contributed by atoms with Crippen molar-refractivity contribution in [3.63, 3.8) is 0 Å². The van der Waals surface area contributed by atoms with Gasteiger partial charge in [-0.3, -0.25) is 4.79 Å². The monoisotopic (exact) mass is 231 g/mol. The zero-order valence-electron chi connectivity index (χ0n) is 7.87. The number of hydrogen-bond donors (Lipinski definition) is 2. The first kappa shape index (κ1) is 11.9. The highest BCUT2D eigenvalue weighted by atomic mass is 35.5. The van der Waals surface area contributed by atoms with Crippen LogP contribution in [0.5, 0.6) is 0 Å². The molecule has 0 bridgehead atoms. The van der Waals surface area contributed by atoms with Gasteiger partial charge in [-0.15, -0.1) is 12.4 Å². The molecule has 1 atom stereocenters. The van der Waals surface area contributed by atoms with E-state index in [-0.39, 0.29) is 18.2 Å². The highest BCUT2D eigenvalue weighted by Gasteiger charge is 2.25. The fourth-order valence-corrected chi connectivity index (χ4v) is 1.75. The number of benzene rings is 1. The molecular formula is C10H11ClFNO2. The molecule has 3 nitrogen and oxygen atoms in total. The quantitative estimate of drug-likeness (QED) is 0.771. The lowest BCUT2D eigenvalue weighted by atomic mass is 9.94. The van der Waals surface area contributed by atoms with Crippen molar-refractivity contribution in [2.24, 2.45) is 0 Å². The third-order valence-corrected chi connectivity index (χ3v) is 2.41. The van der Waals surface area contributed by atoms with Gasteiger partial charge in [-0.2, -0.15) is 0 Å². The molecule has 2 N–H and O–H groups in total. The third-order valence-electron chi connectivity index (χ3n) is 2.41. The van der Waals surface area contributed by atoms with E-state index in [1.807, 2.05) is 0 Å². The second-order valence-electron chi connectivity index (χ2n) is 3.32. The zero-order valence-corrected chi connectivity index (χ0v) is 8.68. The summed E-state index contributed by atoms with van der Waals surface area (Å²) in [5, 5.41) is 11.8. The largest absolute Gasteiger partial charge is 0.480 e. The van der Waals surface area contributed by atoms with Crippen LogP contribution in [0.15, 0.2) is 18.2 Å². The Labute approximate surface area is 92.7 Å². The average Bonchev–Trinajstić information content (AvgIpc) is 2.16. The summed E-state index contributed by atoms with van der Waals surface area (Å²) < 4.78 is 12.9. The average molecular weight is 232 g/mol. The second-order valence-corrected chi connectivity index (χ2v) is 3.32. The molecule has 1 aliphatic rings. The van der Waals surface area contributed by atoms with Crippen LogP contribution in [0.4, 0.5) is 4.39 Å². The summed E-state index contributed by atoms with van der Waals surface area (Å²) >= 11 is 0. The number of halogens is 2. The third kappa shape index (κ3) is 2.27. The summed E-state index contributed by atoms with van der Waals surface area (Å²) in [6.45, 7) is 0.577. The molecule has 15 heavy (non-hydrogen) atoms. The van der Waals surface area contributed by atoms with Crippen LogP contribution in [0.3, 0.4) is 0 Å². The van der Waals surface area contributed by atoms with Gasteiger partial charge in [0, 0.05) is 6.54 Å². The van der Waals surface area contributed by atoms with Crippen molar-refractivity contribution in [3.8, 4) is 0 Å². The minimum absolute atomic E-state index is 0. The summed E-state index contributed by atoms with van der Waals surface area (Å²) in [4.78, 5) is 10.8. The number of fused-ring (bicyclic) bond motifs is 1. The van der Waals surface area contributed by atoms with Gasteiger partial charge in [-0.05, 0) is 29.7 Å². The normalized spacial score (nSPS) is 18.9. The van der Waals surface area contributed by atoms with Crippen LogP contribution in [0, 0.1) is 5.82 Å². The first-order valence-electron chi connectivity index (χ1n) is 4.43. The Morgan fingerprint density at radius 1 is 1.53 bits per heavy atom. The molecule has 0 aliphatic carbocycles. The van der Waals surface area contributed by atoms with E-state index in [2.05, 4.69) is 5.32 Å². The van der Waals surface area contributed by atoms with Crippen molar-refractivity contribution in [3.05, 3.63) is 35.1 Å². The Bertz CT molecular complexity index is 384. The minimum atomic E-state index is -0.919. The zero-order chi connectivity index (χ0) is 10.1. The molecule has 5 heteroatoms. The van der Waals surface area contributed by atoms with Crippen LogP contribution in [-0.4, -0.2) is 17.6 Å². The van der Waals surface area contributed by atoms with Crippen LogP contribution < -0.4 is 5.32 Å². The number of rotatable bonds is 1. The Balaban J connectivity index is 0.00000112. The van der Waals surface area contributed by atoms with E-state index < -0.39 is 12.0 Å². The molecule has 0 unspecified atom stereocenters. The van der Waals surface area contributed by atoms with Crippen molar-refractivity contribution < 1.29 is 14.3 Å². The molecule has 2 rings (SSSR count).